The summed E-state index contributed by atoms with van der Waals surface area (Å²) in [5, 5.41) is 2.83. The summed E-state index contributed by atoms with van der Waals surface area (Å²) in [6, 6.07) is 9.99. The van der Waals surface area contributed by atoms with E-state index < -0.39 is 12.1 Å². The van der Waals surface area contributed by atoms with Crippen LogP contribution in [0.3, 0.4) is 0 Å². The largest absolute Gasteiger partial charge is 0.493 e. The summed E-state index contributed by atoms with van der Waals surface area (Å²) in [5.74, 6) is -0.838. The van der Waals surface area contributed by atoms with Crippen molar-refractivity contribution in [1.29, 1.82) is 0 Å². The first-order chi connectivity index (χ1) is 11.6. The van der Waals surface area contributed by atoms with Crippen LogP contribution < -0.4 is 5.32 Å². The number of carbonyl (C=O) groups is 2. The van der Waals surface area contributed by atoms with Crippen molar-refractivity contribution in [2.24, 2.45) is 0 Å². The summed E-state index contributed by atoms with van der Waals surface area (Å²) in [5.41, 5.74) is 1.17. The van der Waals surface area contributed by atoms with Gasteiger partial charge in [0.25, 0.3) is 5.91 Å². The highest BCUT2D eigenvalue weighted by Gasteiger charge is 2.23. The van der Waals surface area contributed by atoms with Crippen LogP contribution in [0.5, 0.6) is 0 Å². The monoisotopic (exact) mass is 333 g/mol. The third kappa shape index (κ3) is 5.01. The lowest BCUT2D eigenvalue weighted by Crippen LogP contribution is -2.38. The number of ether oxygens (including phenoxy) is 3. The SMILES string of the molecule is CC[C@@H](CNC(=O)[C@H](C)OC(=O)C1=COCCO1)c1ccccc1. The molecule has 0 saturated heterocycles. The number of hydrogen-bond donors (Lipinski definition) is 1. The highest BCUT2D eigenvalue weighted by Crippen LogP contribution is 2.18. The second kappa shape index (κ2) is 8.96. The average molecular weight is 333 g/mol. The van der Waals surface area contributed by atoms with Crippen LogP contribution in [0.4, 0.5) is 0 Å². The molecular formula is C18H23NO5. The summed E-state index contributed by atoms with van der Waals surface area (Å²) in [6.07, 6.45) is 1.20. The van der Waals surface area contributed by atoms with Gasteiger partial charge in [-0.25, -0.2) is 4.79 Å². The van der Waals surface area contributed by atoms with Crippen molar-refractivity contribution >= 4 is 11.9 Å². The topological polar surface area (TPSA) is 73.9 Å². The van der Waals surface area contributed by atoms with E-state index in [1.165, 1.54) is 18.7 Å². The second-order valence-corrected chi connectivity index (χ2v) is 5.51. The third-order valence-corrected chi connectivity index (χ3v) is 3.79. The summed E-state index contributed by atoms with van der Waals surface area (Å²) >= 11 is 0. The number of carbonyl (C=O) groups excluding carboxylic acids is 2. The van der Waals surface area contributed by atoms with E-state index in [4.69, 9.17) is 14.2 Å². The first-order valence-corrected chi connectivity index (χ1v) is 8.10. The molecule has 0 radical (unpaired) electrons. The van der Waals surface area contributed by atoms with Gasteiger partial charge in [0.05, 0.1) is 0 Å². The van der Waals surface area contributed by atoms with E-state index in [2.05, 4.69) is 12.2 Å². The zero-order valence-electron chi connectivity index (χ0n) is 14.0. The lowest BCUT2D eigenvalue weighted by Gasteiger charge is -2.19. The van der Waals surface area contributed by atoms with Crippen molar-refractivity contribution in [1.82, 2.24) is 5.32 Å². The Morgan fingerprint density at radius 3 is 2.62 bits per heavy atom. The van der Waals surface area contributed by atoms with Gasteiger partial charge in [-0.15, -0.1) is 0 Å². The Labute approximate surface area is 141 Å². The molecular weight excluding hydrogens is 310 g/mol. The second-order valence-electron chi connectivity index (χ2n) is 5.51. The van der Waals surface area contributed by atoms with Crippen LogP contribution in [0, 0.1) is 0 Å². The van der Waals surface area contributed by atoms with Gasteiger partial charge in [0.1, 0.15) is 19.5 Å². The standard InChI is InChI=1S/C18H23NO5/c1-3-14(15-7-5-4-6-8-15)11-19-17(20)13(2)24-18(21)16-12-22-9-10-23-16/h4-8,12-14H,3,9-11H2,1-2H3,(H,19,20)/t13-,14-/m0/s1. The maximum absolute atomic E-state index is 12.1. The Balaban J connectivity index is 1.82. The Hall–Kier alpha value is -2.50. The highest BCUT2D eigenvalue weighted by atomic mass is 16.6. The van der Waals surface area contributed by atoms with Crippen molar-refractivity contribution in [3.63, 3.8) is 0 Å². The first-order valence-electron chi connectivity index (χ1n) is 8.10. The molecule has 1 amide bonds. The number of rotatable bonds is 7. The number of benzene rings is 1. The van der Waals surface area contributed by atoms with Crippen LogP contribution in [0.15, 0.2) is 42.4 Å². The molecule has 1 N–H and O–H groups in total. The van der Waals surface area contributed by atoms with Crippen LogP contribution in [0.2, 0.25) is 0 Å². The van der Waals surface area contributed by atoms with Gasteiger partial charge in [-0.05, 0) is 18.9 Å². The molecule has 6 heteroatoms. The van der Waals surface area contributed by atoms with Crippen LogP contribution >= 0.6 is 0 Å². The van der Waals surface area contributed by atoms with E-state index in [0.717, 1.165) is 6.42 Å². The normalized spacial score (nSPS) is 16.0. The molecule has 0 saturated carbocycles. The molecule has 1 aliphatic rings. The number of esters is 1. The fraction of sp³-hybridized carbons (Fsp3) is 0.444. The molecule has 0 spiro atoms. The minimum Gasteiger partial charge on any atom is -0.493 e. The Morgan fingerprint density at radius 2 is 2.00 bits per heavy atom. The molecule has 0 fully saturated rings. The molecule has 1 aromatic carbocycles. The van der Waals surface area contributed by atoms with Crippen LogP contribution in [0.25, 0.3) is 0 Å². The minimum atomic E-state index is -0.905. The molecule has 1 aromatic rings. The van der Waals surface area contributed by atoms with Crippen molar-refractivity contribution in [3.05, 3.63) is 47.9 Å². The predicted octanol–water partition coefficient (Wildman–Crippen LogP) is 2.12. The molecule has 2 rings (SSSR count). The maximum atomic E-state index is 12.1. The molecule has 0 aliphatic carbocycles. The van der Waals surface area contributed by atoms with Crippen LogP contribution in [-0.4, -0.2) is 37.7 Å². The van der Waals surface area contributed by atoms with Gasteiger partial charge in [-0.2, -0.15) is 0 Å². The Kier molecular flexibility index (Phi) is 6.66. The van der Waals surface area contributed by atoms with Gasteiger partial charge in [0, 0.05) is 12.5 Å². The molecule has 24 heavy (non-hydrogen) atoms. The highest BCUT2D eigenvalue weighted by molar-refractivity contribution is 5.89. The lowest BCUT2D eigenvalue weighted by molar-refractivity contribution is -0.155. The lowest BCUT2D eigenvalue weighted by atomic mass is 9.96. The fourth-order valence-corrected chi connectivity index (χ4v) is 2.34. The Bertz CT molecular complexity index is 584. The number of hydrogen-bond acceptors (Lipinski definition) is 5. The van der Waals surface area contributed by atoms with E-state index in [9.17, 15) is 9.59 Å². The molecule has 0 unspecified atom stereocenters. The van der Waals surface area contributed by atoms with Gasteiger partial charge >= 0.3 is 5.97 Å². The van der Waals surface area contributed by atoms with Crippen molar-refractivity contribution in [2.75, 3.05) is 19.8 Å². The molecule has 0 aromatic heterocycles. The van der Waals surface area contributed by atoms with Gasteiger partial charge in [0.2, 0.25) is 5.76 Å². The van der Waals surface area contributed by atoms with Crippen molar-refractivity contribution in [3.8, 4) is 0 Å². The summed E-state index contributed by atoms with van der Waals surface area (Å²) in [4.78, 5) is 24.0. The molecule has 130 valence electrons. The van der Waals surface area contributed by atoms with Crippen molar-refractivity contribution < 1.29 is 23.8 Å². The quantitative estimate of drug-likeness (QED) is 0.774. The molecule has 2 atom stereocenters. The minimum absolute atomic E-state index is 0.0170. The third-order valence-electron chi connectivity index (χ3n) is 3.79. The zero-order valence-corrected chi connectivity index (χ0v) is 14.0. The Morgan fingerprint density at radius 1 is 1.25 bits per heavy atom. The summed E-state index contributed by atoms with van der Waals surface area (Å²) in [6.45, 7) is 4.77. The molecule has 0 bridgehead atoms. The average Bonchev–Trinajstić information content (AvgIpc) is 2.63. The first kappa shape index (κ1) is 17.8. The predicted molar refractivity (Wildman–Crippen MR) is 88.0 cm³/mol. The van der Waals surface area contributed by atoms with Gasteiger partial charge < -0.3 is 19.5 Å². The smallest absolute Gasteiger partial charge is 0.377 e. The van der Waals surface area contributed by atoms with Gasteiger partial charge in [0.15, 0.2) is 6.10 Å². The van der Waals surface area contributed by atoms with E-state index in [-0.39, 0.29) is 24.2 Å². The fourth-order valence-electron chi connectivity index (χ4n) is 2.34. The van der Waals surface area contributed by atoms with Gasteiger partial charge in [-0.3, -0.25) is 4.79 Å². The van der Waals surface area contributed by atoms with Gasteiger partial charge in [-0.1, -0.05) is 37.3 Å². The van der Waals surface area contributed by atoms with Crippen LogP contribution in [-0.2, 0) is 23.8 Å². The molecule has 6 nitrogen and oxygen atoms in total. The summed E-state index contributed by atoms with van der Waals surface area (Å²) in [7, 11) is 0. The van der Waals surface area contributed by atoms with E-state index >= 15 is 0 Å². The van der Waals surface area contributed by atoms with E-state index in [1.807, 2.05) is 30.3 Å². The molecule has 1 aliphatic heterocycles. The van der Waals surface area contributed by atoms with E-state index in [1.54, 1.807) is 0 Å². The zero-order chi connectivity index (χ0) is 17.4. The number of nitrogens with one attached hydrogen (secondary N) is 1. The van der Waals surface area contributed by atoms with Crippen LogP contribution in [0.1, 0.15) is 31.7 Å². The maximum Gasteiger partial charge on any atom is 0.377 e. The van der Waals surface area contributed by atoms with E-state index in [0.29, 0.717) is 13.2 Å². The van der Waals surface area contributed by atoms with Crippen molar-refractivity contribution in [2.45, 2.75) is 32.3 Å². The number of amides is 1. The molecule has 1 heterocycles. The summed E-state index contributed by atoms with van der Waals surface area (Å²) < 4.78 is 15.2.